The Hall–Kier alpha value is -3.01. The van der Waals surface area contributed by atoms with E-state index in [0.29, 0.717) is 23.5 Å². The minimum atomic E-state index is -0.361. The Labute approximate surface area is 133 Å². The average molecular weight is 307 g/mol. The summed E-state index contributed by atoms with van der Waals surface area (Å²) in [6.45, 7) is 0.367. The lowest BCUT2D eigenvalue weighted by atomic mass is 10.0. The van der Waals surface area contributed by atoms with E-state index in [1.807, 2.05) is 18.2 Å². The lowest BCUT2D eigenvalue weighted by Gasteiger charge is -2.07. The van der Waals surface area contributed by atoms with E-state index in [1.54, 1.807) is 30.5 Å². The van der Waals surface area contributed by atoms with Gasteiger partial charge in [-0.15, -0.1) is 0 Å². The number of ether oxygens (including phenoxy) is 1. The van der Waals surface area contributed by atoms with Crippen LogP contribution in [0.1, 0.15) is 21.6 Å². The zero-order valence-corrected chi connectivity index (χ0v) is 12.3. The summed E-state index contributed by atoms with van der Waals surface area (Å²) < 4.78 is 18.5. The van der Waals surface area contributed by atoms with E-state index in [4.69, 9.17) is 4.74 Å². The lowest BCUT2D eigenvalue weighted by Crippen LogP contribution is -2.02. The molecule has 1 heterocycles. The Morgan fingerprint density at radius 2 is 1.57 bits per heavy atom. The highest BCUT2D eigenvalue weighted by molar-refractivity contribution is 6.08. The van der Waals surface area contributed by atoms with Crippen LogP contribution < -0.4 is 4.74 Å². The molecule has 0 unspecified atom stereocenters. The van der Waals surface area contributed by atoms with Crippen molar-refractivity contribution in [3.8, 4) is 5.75 Å². The SMILES string of the molecule is O=C(c1ccc(F)cc1)c1ccc(OCc2ccccn2)cc1. The van der Waals surface area contributed by atoms with Crippen LogP contribution in [0, 0.1) is 5.82 Å². The fourth-order valence-corrected chi connectivity index (χ4v) is 2.11. The molecule has 0 fully saturated rings. The van der Waals surface area contributed by atoms with Crippen LogP contribution in [0.25, 0.3) is 0 Å². The van der Waals surface area contributed by atoms with Crippen LogP contribution in [-0.2, 0) is 6.61 Å². The number of pyridine rings is 1. The minimum absolute atomic E-state index is 0.152. The first-order valence-corrected chi connectivity index (χ1v) is 7.15. The first kappa shape index (κ1) is 14.9. The number of hydrogen-bond donors (Lipinski definition) is 0. The van der Waals surface area contributed by atoms with Gasteiger partial charge in [0.05, 0.1) is 5.69 Å². The molecule has 114 valence electrons. The van der Waals surface area contributed by atoms with Crippen molar-refractivity contribution in [1.82, 2.24) is 4.98 Å². The normalized spacial score (nSPS) is 10.3. The van der Waals surface area contributed by atoms with Gasteiger partial charge in [0.1, 0.15) is 18.2 Å². The molecule has 1 aromatic heterocycles. The summed E-state index contributed by atoms with van der Waals surface area (Å²) in [6, 6.07) is 18.0. The van der Waals surface area contributed by atoms with E-state index >= 15 is 0 Å². The monoisotopic (exact) mass is 307 g/mol. The number of aromatic nitrogens is 1. The maximum Gasteiger partial charge on any atom is 0.193 e. The van der Waals surface area contributed by atoms with E-state index in [-0.39, 0.29) is 11.6 Å². The highest BCUT2D eigenvalue weighted by atomic mass is 19.1. The number of benzene rings is 2. The average Bonchev–Trinajstić information content (AvgIpc) is 2.61. The molecule has 0 N–H and O–H groups in total. The van der Waals surface area contributed by atoms with Gasteiger partial charge in [-0.05, 0) is 60.7 Å². The third-order valence-electron chi connectivity index (χ3n) is 3.34. The molecule has 4 heteroatoms. The molecule has 3 rings (SSSR count). The maximum absolute atomic E-state index is 12.9. The zero-order chi connectivity index (χ0) is 16.1. The van der Waals surface area contributed by atoms with Crippen LogP contribution >= 0.6 is 0 Å². The highest BCUT2D eigenvalue weighted by Crippen LogP contribution is 2.16. The third-order valence-corrected chi connectivity index (χ3v) is 3.34. The molecule has 0 atom stereocenters. The Morgan fingerprint density at radius 1 is 0.913 bits per heavy atom. The quantitative estimate of drug-likeness (QED) is 0.668. The van der Waals surface area contributed by atoms with Gasteiger partial charge in [-0.1, -0.05) is 6.07 Å². The molecule has 0 spiro atoms. The molecule has 0 radical (unpaired) electrons. The lowest BCUT2D eigenvalue weighted by molar-refractivity contribution is 0.103. The predicted molar refractivity (Wildman–Crippen MR) is 84.8 cm³/mol. The largest absolute Gasteiger partial charge is 0.487 e. The number of halogens is 1. The number of nitrogens with zero attached hydrogens (tertiary/aromatic N) is 1. The van der Waals surface area contributed by atoms with Crippen molar-refractivity contribution in [1.29, 1.82) is 0 Å². The van der Waals surface area contributed by atoms with Crippen molar-refractivity contribution in [2.75, 3.05) is 0 Å². The number of carbonyl (C=O) groups is 1. The van der Waals surface area contributed by atoms with Crippen molar-refractivity contribution in [2.45, 2.75) is 6.61 Å². The number of ketones is 1. The van der Waals surface area contributed by atoms with Gasteiger partial charge in [-0.3, -0.25) is 9.78 Å². The van der Waals surface area contributed by atoms with Crippen LogP contribution in [0.3, 0.4) is 0 Å². The first-order valence-electron chi connectivity index (χ1n) is 7.15. The molecule has 0 saturated carbocycles. The van der Waals surface area contributed by atoms with Gasteiger partial charge >= 0.3 is 0 Å². The first-order chi connectivity index (χ1) is 11.2. The highest BCUT2D eigenvalue weighted by Gasteiger charge is 2.09. The summed E-state index contributed by atoms with van der Waals surface area (Å²) >= 11 is 0. The van der Waals surface area contributed by atoms with Gasteiger partial charge in [-0.2, -0.15) is 0 Å². The van der Waals surface area contributed by atoms with Crippen LogP contribution in [0.2, 0.25) is 0 Å². The van der Waals surface area contributed by atoms with Crippen LogP contribution in [0.15, 0.2) is 72.9 Å². The van der Waals surface area contributed by atoms with E-state index in [9.17, 15) is 9.18 Å². The van der Waals surface area contributed by atoms with Crippen molar-refractivity contribution >= 4 is 5.78 Å². The molecule has 3 aromatic rings. The number of hydrogen-bond acceptors (Lipinski definition) is 3. The van der Waals surface area contributed by atoms with Crippen LogP contribution in [-0.4, -0.2) is 10.8 Å². The molecule has 3 nitrogen and oxygen atoms in total. The number of rotatable bonds is 5. The second-order valence-corrected chi connectivity index (χ2v) is 4.97. The predicted octanol–water partition coefficient (Wildman–Crippen LogP) is 4.03. The Balaban J connectivity index is 1.67. The van der Waals surface area contributed by atoms with Gasteiger partial charge in [0.15, 0.2) is 5.78 Å². The molecule has 0 bridgehead atoms. The molecule has 0 aliphatic heterocycles. The summed E-state index contributed by atoms with van der Waals surface area (Å²) in [5, 5.41) is 0. The van der Waals surface area contributed by atoms with Crippen molar-refractivity contribution in [3.63, 3.8) is 0 Å². The molecular weight excluding hydrogens is 293 g/mol. The van der Waals surface area contributed by atoms with E-state index in [1.165, 1.54) is 24.3 Å². The second-order valence-electron chi connectivity index (χ2n) is 4.97. The second kappa shape index (κ2) is 6.83. The van der Waals surface area contributed by atoms with Crippen LogP contribution in [0.4, 0.5) is 4.39 Å². The topological polar surface area (TPSA) is 39.2 Å². The maximum atomic E-state index is 12.9. The molecule has 0 aliphatic carbocycles. The Kier molecular flexibility index (Phi) is 4.43. The third kappa shape index (κ3) is 3.80. The van der Waals surface area contributed by atoms with Gasteiger partial charge in [0, 0.05) is 17.3 Å². The molecule has 0 amide bonds. The summed E-state index contributed by atoms with van der Waals surface area (Å²) in [5.41, 5.74) is 1.81. The summed E-state index contributed by atoms with van der Waals surface area (Å²) in [4.78, 5) is 16.5. The minimum Gasteiger partial charge on any atom is -0.487 e. The summed E-state index contributed by atoms with van der Waals surface area (Å²) in [6.07, 6.45) is 1.71. The number of carbonyl (C=O) groups excluding carboxylic acids is 1. The van der Waals surface area contributed by atoms with Crippen molar-refractivity contribution in [3.05, 3.63) is 95.6 Å². The van der Waals surface area contributed by atoms with Gasteiger partial charge in [0.25, 0.3) is 0 Å². The fourth-order valence-electron chi connectivity index (χ4n) is 2.11. The van der Waals surface area contributed by atoms with E-state index in [0.717, 1.165) is 5.69 Å². The molecule has 0 saturated heterocycles. The van der Waals surface area contributed by atoms with Crippen molar-refractivity contribution in [2.24, 2.45) is 0 Å². The molecule has 2 aromatic carbocycles. The Morgan fingerprint density at radius 3 is 2.17 bits per heavy atom. The Bertz CT molecular complexity index is 784. The van der Waals surface area contributed by atoms with Gasteiger partial charge in [0.2, 0.25) is 0 Å². The molecule has 23 heavy (non-hydrogen) atoms. The summed E-state index contributed by atoms with van der Waals surface area (Å²) in [5.74, 6) is 0.146. The van der Waals surface area contributed by atoms with Crippen molar-refractivity contribution < 1.29 is 13.9 Å². The molecular formula is C19H14FNO2. The smallest absolute Gasteiger partial charge is 0.193 e. The van der Waals surface area contributed by atoms with Crippen LogP contribution in [0.5, 0.6) is 5.75 Å². The zero-order valence-electron chi connectivity index (χ0n) is 12.3. The van der Waals surface area contributed by atoms with Gasteiger partial charge < -0.3 is 4.74 Å². The molecule has 0 aliphatic rings. The summed E-state index contributed by atoms with van der Waals surface area (Å²) in [7, 11) is 0. The van der Waals surface area contributed by atoms with E-state index < -0.39 is 0 Å². The van der Waals surface area contributed by atoms with E-state index in [2.05, 4.69) is 4.98 Å². The fraction of sp³-hybridized carbons (Fsp3) is 0.0526. The van der Waals surface area contributed by atoms with Gasteiger partial charge in [-0.25, -0.2) is 4.39 Å². The standard InChI is InChI=1S/C19H14FNO2/c20-16-8-4-14(5-9-16)19(22)15-6-10-18(11-7-15)23-13-17-3-1-2-12-21-17/h1-12H,13H2.